The second-order valence-electron chi connectivity index (χ2n) is 1.63. The number of halogens is 2. The molecule has 0 fully saturated rings. The van der Waals surface area contributed by atoms with E-state index in [1.54, 1.807) is 12.1 Å². The van der Waals surface area contributed by atoms with Crippen molar-refractivity contribution >= 4 is 37.5 Å². The van der Waals surface area contributed by atoms with Crippen LogP contribution in [0.1, 0.15) is 0 Å². The molecule has 0 spiro atoms. The predicted octanol–water partition coefficient (Wildman–Crippen LogP) is 3.13. The zero-order valence-corrected chi connectivity index (χ0v) is 7.66. The molecule has 0 unspecified atom stereocenters. The lowest BCUT2D eigenvalue weighted by Gasteiger charge is -1.94. The van der Waals surface area contributed by atoms with E-state index in [0.29, 0.717) is 5.69 Å². The zero-order valence-electron chi connectivity index (χ0n) is 4.49. The second-order valence-corrected chi connectivity index (χ2v) is 3.34. The van der Waals surface area contributed by atoms with Crippen LogP contribution in [0.2, 0.25) is 0 Å². The van der Waals surface area contributed by atoms with Crippen molar-refractivity contribution in [3.8, 4) is 0 Å². The summed E-state index contributed by atoms with van der Waals surface area (Å²) < 4.78 is 1.91. The molecule has 1 radical (unpaired) electrons. The third-order valence-corrected chi connectivity index (χ3v) is 2.80. The number of rotatable bonds is 0. The van der Waals surface area contributed by atoms with Gasteiger partial charge in [0.1, 0.15) is 0 Å². The molecule has 3 heteroatoms. The van der Waals surface area contributed by atoms with Crippen molar-refractivity contribution < 1.29 is 0 Å². The molecule has 47 valence electrons. The van der Waals surface area contributed by atoms with Gasteiger partial charge >= 0.3 is 0 Å². The highest BCUT2D eigenvalue weighted by Gasteiger charge is 1.93. The van der Waals surface area contributed by atoms with Gasteiger partial charge in [-0.1, -0.05) is 0 Å². The van der Waals surface area contributed by atoms with E-state index in [9.17, 15) is 0 Å². The summed E-state index contributed by atoms with van der Waals surface area (Å²) in [6.45, 7) is 0. The van der Waals surface area contributed by atoms with Gasteiger partial charge in [-0.2, -0.15) is 0 Å². The number of nitrogens with one attached hydrogen (secondary N) is 1. The SMILES string of the molecule is [NH]c1ccc(Br)c(Br)c1. The fraction of sp³-hybridized carbons (Fsp3) is 0. The van der Waals surface area contributed by atoms with Crippen LogP contribution in [0.5, 0.6) is 0 Å². The Labute approximate surface area is 70.5 Å². The Morgan fingerprint density at radius 2 is 1.78 bits per heavy atom. The summed E-state index contributed by atoms with van der Waals surface area (Å²) in [6, 6.07) is 5.31. The van der Waals surface area contributed by atoms with Gasteiger partial charge in [-0.3, -0.25) is 0 Å². The summed E-state index contributed by atoms with van der Waals surface area (Å²) in [4.78, 5) is 0. The molecule has 0 aliphatic carbocycles. The summed E-state index contributed by atoms with van der Waals surface area (Å²) in [5, 5.41) is 0. The Morgan fingerprint density at radius 1 is 1.11 bits per heavy atom. The van der Waals surface area contributed by atoms with E-state index >= 15 is 0 Å². The van der Waals surface area contributed by atoms with Crippen molar-refractivity contribution in [2.24, 2.45) is 0 Å². The molecule has 0 amide bonds. The van der Waals surface area contributed by atoms with Crippen molar-refractivity contribution in [3.63, 3.8) is 0 Å². The molecule has 0 aromatic heterocycles. The molecule has 0 heterocycles. The van der Waals surface area contributed by atoms with Crippen molar-refractivity contribution in [1.82, 2.24) is 5.73 Å². The molecule has 0 bridgehead atoms. The first-order valence-corrected chi connectivity index (χ1v) is 3.95. The second kappa shape index (κ2) is 2.71. The summed E-state index contributed by atoms with van der Waals surface area (Å²) in [6.07, 6.45) is 0. The average molecular weight is 250 g/mol. The summed E-state index contributed by atoms with van der Waals surface area (Å²) in [5.41, 5.74) is 7.70. The van der Waals surface area contributed by atoms with Crippen molar-refractivity contribution in [2.45, 2.75) is 0 Å². The molecule has 0 saturated heterocycles. The van der Waals surface area contributed by atoms with Gasteiger partial charge in [-0.15, -0.1) is 0 Å². The molecule has 0 aliphatic rings. The van der Waals surface area contributed by atoms with Gasteiger partial charge in [-0.05, 0) is 50.1 Å². The Bertz CT molecular complexity index is 222. The van der Waals surface area contributed by atoms with Crippen LogP contribution in [0.3, 0.4) is 0 Å². The van der Waals surface area contributed by atoms with Gasteiger partial charge in [-0.25, -0.2) is 0 Å². The minimum absolute atomic E-state index is 0.519. The summed E-state index contributed by atoms with van der Waals surface area (Å²) in [7, 11) is 0. The van der Waals surface area contributed by atoms with Crippen molar-refractivity contribution in [2.75, 3.05) is 0 Å². The topological polar surface area (TPSA) is 23.8 Å². The smallest absolute Gasteiger partial charge is 0.0551 e. The van der Waals surface area contributed by atoms with Crippen LogP contribution in [-0.2, 0) is 0 Å². The highest BCUT2D eigenvalue weighted by Crippen LogP contribution is 2.24. The van der Waals surface area contributed by atoms with Crippen LogP contribution in [0.25, 0.3) is 0 Å². The van der Waals surface area contributed by atoms with Crippen LogP contribution in [-0.4, -0.2) is 0 Å². The fourth-order valence-corrected chi connectivity index (χ4v) is 1.12. The largest absolute Gasteiger partial charge is 0.301 e. The lowest BCUT2D eigenvalue weighted by Crippen LogP contribution is -1.70. The van der Waals surface area contributed by atoms with Crippen LogP contribution in [0.15, 0.2) is 27.1 Å². The highest BCUT2D eigenvalue weighted by molar-refractivity contribution is 9.13. The van der Waals surface area contributed by atoms with Gasteiger partial charge in [0.05, 0.1) is 5.69 Å². The van der Waals surface area contributed by atoms with Crippen LogP contribution in [0.4, 0.5) is 5.69 Å². The molecule has 0 saturated carbocycles. The van der Waals surface area contributed by atoms with Gasteiger partial charge in [0.2, 0.25) is 0 Å². The van der Waals surface area contributed by atoms with E-state index in [1.807, 2.05) is 6.07 Å². The van der Waals surface area contributed by atoms with Crippen LogP contribution >= 0.6 is 31.9 Å². The molecule has 1 aromatic rings. The molecular formula is C6H4Br2N. The first kappa shape index (κ1) is 7.09. The Kier molecular flexibility index (Phi) is 2.13. The third kappa shape index (κ3) is 1.69. The van der Waals surface area contributed by atoms with E-state index in [2.05, 4.69) is 31.9 Å². The zero-order chi connectivity index (χ0) is 6.85. The maximum atomic E-state index is 7.18. The Hall–Kier alpha value is -0.0200. The van der Waals surface area contributed by atoms with E-state index in [1.165, 1.54) is 0 Å². The van der Waals surface area contributed by atoms with Crippen molar-refractivity contribution in [1.29, 1.82) is 0 Å². The van der Waals surface area contributed by atoms with Gasteiger partial charge < -0.3 is 5.73 Å². The highest BCUT2D eigenvalue weighted by atomic mass is 79.9. The number of hydrogen-bond donors (Lipinski definition) is 0. The average Bonchev–Trinajstić information content (AvgIpc) is 1.80. The fourth-order valence-electron chi connectivity index (χ4n) is 0.496. The van der Waals surface area contributed by atoms with E-state index in [0.717, 1.165) is 8.95 Å². The van der Waals surface area contributed by atoms with E-state index in [-0.39, 0.29) is 0 Å². The van der Waals surface area contributed by atoms with Gasteiger partial charge in [0.25, 0.3) is 0 Å². The Balaban J connectivity index is 3.17. The molecule has 0 aliphatic heterocycles. The quantitative estimate of drug-likeness (QED) is 0.675. The third-order valence-electron chi connectivity index (χ3n) is 0.920. The first-order valence-electron chi connectivity index (χ1n) is 2.37. The maximum absolute atomic E-state index is 7.18. The first-order chi connectivity index (χ1) is 4.20. The molecule has 1 nitrogen and oxygen atoms in total. The lowest BCUT2D eigenvalue weighted by molar-refractivity contribution is 1.45. The normalized spacial score (nSPS) is 9.56. The lowest BCUT2D eigenvalue weighted by atomic mass is 10.3. The molecule has 1 N–H and O–H groups in total. The van der Waals surface area contributed by atoms with Crippen LogP contribution in [0, 0.1) is 0 Å². The maximum Gasteiger partial charge on any atom is 0.0551 e. The van der Waals surface area contributed by atoms with Crippen LogP contribution < -0.4 is 5.73 Å². The molecular weight excluding hydrogens is 246 g/mol. The van der Waals surface area contributed by atoms with E-state index < -0.39 is 0 Å². The molecule has 1 aromatic carbocycles. The van der Waals surface area contributed by atoms with Gasteiger partial charge in [0.15, 0.2) is 0 Å². The van der Waals surface area contributed by atoms with Crippen molar-refractivity contribution in [3.05, 3.63) is 27.1 Å². The number of hydrogen-bond acceptors (Lipinski definition) is 0. The predicted molar refractivity (Wildman–Crippen MR) is 44.6 cm³/mol. The van der Waals surface area contributed by atoms with E-state index in [4.69, 9.17) is 5.73 Å². The Morgan fingerprint density at radius 3 is 2.22 bits per heavy atom. The minimum Gasteiger partial charge on any atom is -0.301 e. The standard InChI is InChI=1S/C6H4Br2N/c7-5-2-1-4(9)3-6(5)8/h1-3,9H. The molecule has 9 heavy (non-hydrogen) atoms. The van der Waals surface area contributed by atoms with Gasteiger partial charge in [0, 0.05) is 8.95 Å². The summed E-state index contributed by atoms with van der Waals surface area (Å²) in [5.74, 6) is 0. The number of benzene rings is 1. The molecule has 1 rings (SSSR count). The minimum atomic E-state index is 0.519. The summed E-state index contributed by atoms with van der Waals surface area (Å²) >= 11 is 6.58. The monoisotopic (exact) mass is 248 g/mol. The molecule has 0 atom stereocenters.